The van der Waals surface area contributed by atoms with Crippen LogP contribution in [0, 0.1) is 17.6 Å². The average Bonchev–Trinajstić information content (AvgIpc) is 2.65. The number of benzene rings is 2. The lowest BCUT2D eigenvalue weighted by Gasteiger charge is -2.27. The van der Waals surface area contributed by atoms with Crippen LogP contribution in [0.3, 0.4) is 0 Å². The van der Waals surface area contributed by atoms with Gasteiger partial charge in [0, 0.05) is 5.39 Å². The molecular formula is C22H24F2O. The average molecular weight is 342 g/mol. The number of rotatable bonds is 5. The third kappa shape index (κ3) is 3.76. The van der Waals surface area contributed by atoms with Crippen LogP contribution < -0.4 is 4.74 Å². The summed E-state index contributed by atoms with van der Waals surface area (Å²) in [4.78, 5) is 0. The maximum Gasteiger partial charge on any atom is 0.201 e. The van der Waals surface area contributed by atoms with E-state index in [9.17, 15) is 8.78 Å². The van der Waals surface area contributed by atoms with Crippen LogP contribution in [0.2, 0.25) is 0 Å². The Kier molecular flexibility index (Phi) is 5.52. The van der Waals surface area contributed by atoms with Crippen molar-refractivity contribution < 1.29 is 13.5 Å². The first-order valence-electron chi connectivity index (χ1n) is 8.92. The van der Waals surface area contributed by atoms with Crippen molar-refractivity contribution in [2.75, 3.05) is 6.61 Å². The number of fused-ring (bicyclic) bond motifs is 1. The van der Waals surface area contributed by atoms with Crippen LogP contribution in [0.4, 0.5) is 8.78 Å². The fraction of sp³-hybridized carbons (Fsp3) is 0.364. The Morgan fingerprint density at radius 1 is 1.12 bits per heavy atom. The van der Waals surface area contributed by atoms with E-state index in [4.69, 9.17) is 4.74 Å². The van der Waals surface area contributed by atoms with Crippen molar-refractivity contribution in [2.45, 2.75) is 38.5 Å². The quantitative estimate of drug-likeness (QED) is 0.561. The molecule has 25 heavy (non-hydrogen) atoms. The summed E-state index contributed by atoms with van der Waals surface area (Å²) in [6, 6.07) is 7.29. The molecule has 0 bridgehead atoms. The van der Waals surface area contributed by atoms with Crippen molar-refractivity contribution >= 4 is 10.8 Å². The van der Waals surface area contributed by atoms with Crippen molar-refractivity contribution in [3.05, 3.63) is 66.3 Å². The number of halogens is 2. The van der Waals surface area contributed by atoms with Gasteiger partial charge >= 0.3 is 0 Å². The fourth-order valence-electron chi connectivity index (χ4n) is 3.60. The van der Waals surface area contributed by atoms with E-state index in [1.54, 1.807) is 12.1 Å². The Labute approximate surface area is 148 Å². The van der Waals surface area contributed by atoms with E-state index >= 15 is 0 Å². The number of hydrogen-bond donors (Lipinski definition) is 0. The summed E-state index contributed by atoms with van der Waals surface area (Å²) < 4.78 is 34.2. The minimum absolute atomic E-state index is 0.0395. The molecule has 1 aliphatic rings. The molecule has 1 saturated carbocycles. The molecule has 0 radical (unpaired) electrons. The van der Waals surface area contributed by atoms with Crippen LogP contribution in [0.1, 0.15) is 44.1 Å². The van der Waals surface area contributed by atoms with Crippen LogP contribution in [0.5, 0.6) is 5.75 Å². The molecule has 0 N–H and O–H groups in total. The second-order valence-corrected chi connectivity index (χ2v) is 6.71. The van der Waals surface area contributed by atoms with Crippen LogP contribution in [-0.2, 0) is 0 Å². The lowest BCUT2D eigenvalue weighted by molar-refractivity contribution is 0.334. The Hall–Kier alpha value is -2.16. The summed E-state index contributed by atoms with van der Waals surface area (Å²) in [7, 11) is 0. The third-order valence-corrected chi connectivity index (χ3v) is 5.16. The molecule has 0 spiro atoms. The molecule has 3 rings (SSSR count). The summed E-state index contributed by atoms with van der Waals surface area (Å²) in [5, 5.41) is 0.997. The zero-order valence-electron chi connectivity index (χ0n) is 14.6. The number of allylic oxidation sites excluding steroid dienone is 2. The first kappa shape index (κ1) is 17.7. The monoisotopic (exact) mass is 342 g/mol. The summed E-state index contributed by atoms with van der Waals surface area (Å²) >= 11 is 0. The molecule has 132 valence electrons. The Morgan fingerprint density at radius 3 is 2.56 bits per heavy atom. The highest BCUT2D eigenvalue weighted by atomic mass is 19.2. The maximum absolute atomic E-state index is 14.5. The molecule has 3 heteroatoms. The van der Waals surface area contributed by atoms with E-state index in [-0.39, 0.29) is 12.4 Å². The molecular weight excluding hydrogens is 318 g/mol. The molecule has 1 nitrogen and oxygen atoms in total. The molecule has 2 aromatic rings. The van der Waals surface area contributed by atoms with Crippen LogP contribution in [0.25, 0.3) is 10.8 Å². The van der Waals surface area contributed by atoms with Gasteiger partial charge in [0.25, 0.3) is 0 Å². The molecule has 0 aliphatic heterocycles. The summed E-state index contributed by atoms with van der Waals surface area (Å²) in [6.07, 6.45) is 9.95. The van der Waals surface area contributed by atoms with E-state index < -0.39 is 11.6 Å². The Bertz CT molecular complexity index is 786. The highest BCUT2D eigenvalue weighted by molar-refractivity contribution is 5.85. The molecule has 0 aromatic heterocycles. The first-order valence-corrected chi connectivity index (χ1v) is 8.92. The fourth-order valence-corrected chi connectivity index (χ4v) is 3.60. The summed E-state index contributed by atoms with van der Waals surface area (Å²) in [5.41, 5.74) is 1.09. The van der Waals surface area contributed by atoms with Gasteiger partial charge in [0.05, 0.1) is 0 Å². The molecule has 0 atom stereocenters. The second-order valence-electron chi connectivity index (χ2n) is 6.71. The zero-order valence-corrected chi connectivity index (χ0v) is 14.6. The SMILES string of the molecule is C=CC1CCC(c2ccc3cc(OCC=CC)c(F)c(F)c3c2)CC1. The Balaban J connectivity index is 1.89. The van der Waals surface area contributed by atoms with Crippen molar-refractivity contribution in [2.24, 2.45) is 5.92 Å². The van der Waals surface area contributed by atoms with Crippen molar-refractivity contribution in [1.82, 2.24) is 0 Å². The smallest absolute Gasteiger partial charge is 0.201 e. The molecule has 0 heterocycles. The first-order chi connectivity index (χ1) is 12.1. The van der Waals surface area contributed by atoms with Crippen LogP contribution in [-0.4, -0.2) is 6.61 Å². The van der Waals surface area contributed by atoms with E-state index in [0.29, 0.717) is 22.6 Å². The van der Waals surface area contributed by atoms with Crippen LogP contribution in [0.15, 0.2) is 49.1 Å². The van der Waals surface area contributed by atoms with Crippen molar-refractivity contribution in [3.8, 4) is 5.75 Å². The zero-order chi connectivity index (χ0) is 17.8. The van der Waals surface area contributed by atoms with E-state index in [1.807, 2.05) is 37.3 Å². The van der Waals surface area contributed by atoms with Gasteiger partial charge in [-0.2, -0.15) is 4.39 Å². The lowest BCUT2D eigenvalue weighted by Crippen LogP contribution is -2.11. The van der Waals surface area contributed by atoms with E-state index in [1.165, 1.54) is 0 Å². The number of ether oxygens (including phenoxy) is 1. The van der Waals surface area contributed by atoms with Gasteiger partial charge in [-0.3, -0.25) is 0 Å². The van der Waals surface area contributed by atoms with Gasteiger partial charge in [-0.1, -0.05) is 30.4 Å². The van der Waals surface area contributed by atoms with Gasteiger partial charge in [0.15, 0.2) is 11.6 Å². The number of hydrogen-bond acceptors (Lipinski definition) is 1. The van der Waals surface area contributed by atoms with Gasteiger partial charge in [-0.25, -0.2) is 4.39 Å². The molecule has 0 amide bonds. The van der Waals surface area contributed by atoms with E-state index in [2.05, 4.69) is 6.58 Å². The van der Waals surface area contributed by atoms with E-state index in [0.717, 1.165) is 31.2 Å². The Morgan fingerprint density at radius 2 is 1.88 bits per heavy atom. The predicted octanol–water partition coefficient (Wildman–Crippen LogP) is 6.53. The van der Waals surface area contributed by atoms with Crippen molar-refractivity contribution in [3.63, 3.8) is 0 Å². The highest BCUT2D eigenvalue weighted by Gasteiger charge is 2.22. The van der Waals surface area contributed by atoms with Gasteiger partial charge in [-0.15, -0.1) is 6.58 Å². The van der Waals surface area contributed by atoms with Crippen LogP contribution >= 0.6 is 0 Å². The molecule has 2 aromatic carbocycles. The minimum Gasteiger partial charge on any atom is -0.486 e. The van der Waals surface area contributed by atoms with Gasteiger partial charge in [0.1, 0.15) is 6.61 Å². The standard InChI is InChI=1S/C22H24F2O/c1-3-5-12-25-20-14-18-11-10-17(13-19(18)21(23)22(20)24)16-8-6-15(4-2)7-9-16/h3-5,10-11,13-16H,2,6-9,12H2,1H3. The molecule has 1 aliphatic carbocycles. The van der Waals surface area contributed by atoms with Gasteiger partial charge < -0.3 is 4.74 Å². The maximum atomic E-state index is 14.5. The summed E-state index contributed by atoms with van der Waals surface area (Å²) in [5.74, 6) is -0.780. The van der Waals surface area contributed by atoms with Gasteiger partial charge in [0.2, 0.25) is 5.82 Å². The second kappa shape index (κ2) is 7.81. The molecule has 0 saturated heterocycles. The molecule has 0 unspecified atom stereocenters. The molecule has 1 fully saturated rings. The minimum atomic E-state index is -0.912. The largest absolute Gasteiger partial charge is 0.486 e. The van der Waals surface area contributed by atoms with Gasteiger partial charge in [-0.05, 0) is 67.5 Å². The third-order valence-electron chi connectivity index (χ3n) is 5.16. The normalized spacial score (nSPS) is 20.9. The topological polar surface area (TPSA) is 9.23 Å². The van der Waals surface area contributed by atoms with Crippen molar-refractivity contribution in [1.29, 1.82) is 0 Å². The lowest BCUT2D eigenvalue weighted by atomic mass is 9.78. The summed E-state index contributed by atoms with van der Waals surface area (Å²) in [6.45, 7) is 5.95. The predicted molar refractivity (Wildman–Crippen MR) is 99.1 cm³/mol. The highest BCUT2D eigenvalue weighted by Crippen LogP contribution is 2.38.